The number of carbonyl (C=O) groups excluding carboxylic acids is 3. The zero-order chi connectivity index (χ0) is 15.7. The second kappa shape index (κ2) is 9.12. The Morgan fingerprint density at radius 3 is 2.25 bits per heavy atom. The molecular weight excluding hydrogens is 260 g/mol. The van der Waals surface area contributed by atoms with E-state index in [1.807, 2.05) is 13.8 Å². The van der Waals surface area contributed by atoms with Gasteiger partial charge in [0.05, 0.1) is 7.11 Å². The van der Waals surface area contributed by atoms with Crippen LogP contribution in [0.3, 0.4) is 0 Å². The highest BCUT2D eigenvalue weighted by molar-refractivity contribution is 5.90. The molecule has 0 saturated carbocycles. The van der Waals surface area contributed by atoms with Crippen molar-refractivity contribution in [1.82, 2.24) is 10.6 Å². The van der Waals surface area contributed by atoms with Gasteiger partial charge in [-0.2, -0.15) is 0 Å². The van der Waals surface area contributed by atoms with E-state index in [9.17, 15) is 14.4 Å². The van der Waals surface area contributed by atoms with Crippen molar-refractivity contribution >= 4 is 17.8 Å². The monoisotopic (exact) mass is 284 g/mol. The lowest BCUT2D eigenvalue weighted by Gasteiger charge is -2.24. The third-order valence-corrected chi connectivity index (χ3v) is 2.77. The molecule has 0 aromatic heterocycles. The number of esters is 1. The van der Waals surface area contributed by atoms with Crippen molar-refractivity contribution < 1.29 is 19.1 Å². The second-order valence-corrected chi connectivity index (χ2v) is 4.87. The standard InChI is InChI=1S/C14H24N2O4/c1-6-7-8-11(14(19)20-5)16-13(18)12(9(2)3)15-10(4)17/h6,9,11-12H,1,7-8H2,2-5H3,(H,15,17)(H,16,18)/t11-,12+/m0/s1. The summed E-state index contributed by atoms with van der Waals surface area (Å²) in [5.74, 6) is -1.28. The Labute approximate surface area is 119 Å². The predicted molar refractivity (Wildman–Crippen MR) is 75.8 cm³/mol. The zero-order valence-electron chi connectivity index (χ0n) is 12.6. The molecule has 0 fully saturated rings. The molecule has 2 N–H and O–H groups in total. The minimum atomic E-state index is -0.736. The first-order valence-corrected chi connectivity index (χ1v) is 6.59. The summed E-state index contributed by atoms with van der Waals surface area (Å²) >= 11 is 0. The number of carbonyl (C=O) groups is 3. The molecule has 114 valence electrons. The summed E-state index contributed by atoms with van der Waals surface area (Å²) in [5.41, 5.74) is 0. The quantitative estimate of drug-likeness (QED) is 0.509. The molecule has 0 aliphatic rings. The Kier molecular flexibility index (Phi) is 8.27. The molecule has 0 bridgehead atoms. The summed E-state index contributed by atoms with van der Waals surface area (Å²) in [7, 11) is 1.27. The first-order valence-electron chi connectivity index (χ1n) is 6.59. The smallest absolute Gasteiger partial charge is 0.328 e. The van der Waals surface area contributed by atoms with Gasteiger partial charge in [-0.15, -0.1) is 6.58 Å². The Balaban J connectivity index is 4.80. The van der Waals surface area contributed by atoms with Crippen LogP contribution < -0.4 is 10.6 Å². The van der Waals surface area contributed by atoms with E-state index in [0.29, 0.717) is 12.8 Å². The SMILES string of the molecule is C=CCC[C@H](NC(=O)[C@H](NC(C)=O)C(C)C)C(=O)OC. The van der Waals surface area contributed by atoms with Gasteiger partial charge in [-0.1, -0.05) is 19.9 Å². The molecule has 0 spiro atoms. The van der Waals surface area contributed by atoms with Crippen LogP contribution in [-0.4, -0.2) is 37.0 Å². The molecule has 0 radical (unpaired) electrons. The topological polar surface area (TPSA) is 84.5 Å². The number of hydrogen-bond donors (Lipinski definition) is 2. The van der Waals surface area contributed by atoms with Gasteiger partial charge < -0.3 is 15.4 Å². The zero-order valence-corrected chi connectivity index (χ0v) is 12.6. The summed E-state index contributed by atoms with van der Waals surface area (Å²) in [6.45, 7) is 8.56. The van der Waals surface area contributed by atoms with Crippen LogP contribution in [-0.2, 0) is 19.1 Å². The van der Waals surface area contributed by atoms with E-state index in [-0.39, 0.29) is 11.8 Å². The molecule has 0 aliphatic heterocycles. The number of ether oxygens (including phenoxy) is 1. The number of allylic oxidation sites excluding steroid dienone is 1. The summed E-state index contributed by atoms with van der Waals surface area (Å²) < 4.78 is 4.66. The molecule has 6 nitrogen and oxygen atoms in total. The van der Waals surface area contributed by atoms with Gasteiger partial charge in [0.15, 0.2) is 0 Å². The van der Waals surface area contributed by atoms with E-state index in [1.54, 1.807) is 6.08 Å². The second-order valence-electron chi connectivity index (χ2n) is 4.87. The highest BCUT2D eigenvalue weighted by Gasteiger charge is 2.28. The van der Waals surface area contributed by atoms with Crippen molar-refractivity contribution in [3.05, 3.63) is 12.7 Å². The normalized spacial score (nSPS) is 13.2. The van der Waals surface area contributed by atoms with Gasteiger partial charge >= 0.3 is 5.97 Å². The summed E-state index contributed by atoms with van der Waals surface area (Å²) in [6, 6.07) is -1.41. The van der Waals surface area contributed by atoms with Crippen LogP contribution >= 0.6 is 0 Å². The molecule has 2 amide bonds. The Bertz CT molecular complexity index is 366. The highest BCUT2D eigenvalue weighted by Crippen LogP contribution is 2.05. The lowest BCUT2D eigenvalue weighted by Crippen LogP contribution is -2.53. The van der Waals surface area contributed by atoms with Crippen molar-refractivity contribution in [2.45, 2.75) is 45.7 Å². The molecule has 0 aromatic rings. The van der Waals surface area contributed by atoms with Crippen LogP contribution in [0.2, 0.25) is 0 Å². The fourth-order valence-electron chi connectivity index (χ4n) is 1.69. The van der Waals surface area contributed by atoms with E-state index < -0.39 is 24.0 Å². The van der Waals surface area contributed by atoms with Gasteiger partial charge in [-0.25, -0.2) is 4.79 Å². The fraction of sp³-hybridized carbons (Fsp3) is 0.643. The molecular formula is C14H24N2O4. The predicted octanol–water partition coefficient (Wildman–Crippen LogP) is 0.771. The molecule has 0 aromatic carbocycles. The van der Waals surface area contributed by atoms with Crippen LogP contribution in [0.5, 0.6) is 0 Å². The number of amides is 2. The average Bonchev–Trinajstić information content (AvgIpc) is 2.38. The fourth-order valence-corrected chi connectivity index (χ4v) is 1.69. The largest absolute Gasteiger partial charge is 0.467 e. The first kappa shape index (κ1) is 18.1. The highest BCUT2D eigenvalue weighted by atomic mass is 16.5. The Hall–Kier alpha value is -1.85. The minimum Gasteiger partial charge on any atom is -0.467 e. The molecule has 0 rings (SSSR count). The van der Waals surface area contributed by atoms with E-state index in [4.69, 9.17) is 0 Å². The minimum absolute atomic E-state index is 0.0865. The van der Waals surface area contributed by atoms with E-state index >= 15 is 0 Å². The molecule has 20 heavy (non-hydrogen) atoms. The number of nitrogens with one attached hydrogen (secondary N) is 2. The van der Waals surface area contributed by atoms with E-state index in [1.165, 1.54) is 14.0 Å². The van der Waals surface area contributed by atoms with E-state index in [0.717, 1.165) is 0 Å². The maximum absolute atomic E-state index is 12.2. The van der Waals surface area contributed by atoms with Crippen LogP contribution in [0, 0.1) is 5.92 Å². The Morgan fingerprint density at radius 1 is 1.25 bits per heavy atom. The van der Waals surface area contributed by atoms with Crippen molar-refractivity contribution in [2.24, 2.45) is 5.92 Å². The van der Waals surface area contributed by atoms with Crippen molar-refractivity contribution in [2.75, 3.05) is 7.11 Å². The van der Waals surface area contributed by atoms with Crippen molar-refractivity contribution in [3.8, 4) is 0 Å². The summed E-state index contributed by atoms with van der Waals surface area (Å²) in [5, 5.41) is 5.19. The van der Waals surface area contributed by atoms with Gasteiger partial charge in [-0.05, 0) is 18.8 Å². The molecule has 0 unspecified atom stereocenters. The van der Waals surface area contributed by atoms with Crippen LogP contribution in [0.4, 0.5) is 0 Å². The summed E-state index contributed by atoms with van der Waals surface area (Å²) in [6.07, 6.45) is 2.65. The van der Waals surface area contributed by atoms with Crippen LogP contribution in [0.25, 0.3) is 0 Å². The van der Waals surface area contributed by atoms with Crippen molar-refractivity contribution in [3.63, 3.8) is 0 Å². The summed E-state index contributed by atoms with van der Waals surface area (Å²) in [4.78, 5) is 34.9. The van der Waals surface area contributed by atoms with Crippen molar-refractivity contribution in [1.29, 1.82) is 0 Å². The van der Waals surface area contributed by atoms with E-state index in [2.05, 4.69) is 21.9 Å². The third kappa shape index (κ3) is 6.36. The molecule has 2 atom stereocenters. The third-order valence-electron chi connectivity index (χ3n) is 2.77. The number of hydrogen-bond acceptors (Lipinski definition) is 4. The lowest BCUT2D eigenvalue weighted by atomic mass is 10.0. The maximum Gasteiger partial charge on any atom is 0.328 e. The van der Waals surface area contributed by atoms with Crippen LogP contribution in [0.1, 0.15) is 33.6 Å². The van der Waals surface area contributed by atoms with Gasteiger partial charge in [0, 0.05) is 6.92 Å². The lowest BCUT2D eigenvalue weighted by molar-refractivity contribution is -0.145. The molecule has 0 aliphatic carbocycles. The Morgan fingerprint density at radius 2 is 1.85 bits per heavy atom. The van der Waals surface area contributed by atoms with Gasteiger partial charge in [0.1, 0.15) is 12.1 Å². The number of methoxy groups -OCH3 is 1. The van der Waals surface area contributed by atoms with Gasteiger partial charge in [-0.3, -0.25) is 9.59 Å². The van der Waals surface area contributed by atoms with Crippen LogP contribution in [0.15, 0.2) is 12.7 Å². The van der Waals surface area contributed by atoms with Gasteiger partial charge in [0.25, 0.3) is 0 Å². The first-order chi connectivity index (χ1) is 9.33. The molecule has 0 heterocycles. The molecule has 0 saturated heterocycles. The maximum atomic E-state index is 12.2. The molecule has 6 heteroatoms. The van der Waals surface area contributed by atoms with Gasteiger partial charge in [0.2, 0.25) is 11.8 Å². The number of rotatable bonds is 8. The average molecular weight is 284 g/mol.